The number of hydrogen-bond acceptors (Lipinski definition) is 3. The Morgan fingerprint density at radius 1 is 1.40 bits per heavy atom. The second-order valence-corrected chi connectivity index (χ2v) is 5.81. The minimum Gasteiger partial charge on any atom is -0.379 e. The number of aryl methyl sites for hydroxylation is 1. The molecule has 3 nitrogen and oxygen atoms in total. The maximum Gasteiger partial charge on any atom is 0.128 e. The lowest BCUT2D eigenvalue weighted by Crippen LogP contribution is -2.56. The van der Waals surface area contributed by atoms with Crippen molar-refractivity contribution in [1.82, 2.24) is 4.90 Å². The first-order valence-corrected chi connectivity index (χ1v) is 7.33. The summed E-state index contributed by atoms with van der Waals surface area (Å²) in [6, 6.07) is 4.82. The maximum atomic E-state index is 14.1. The summed E-state index contributed by atoms with van der Waals surface area (Å²) in [6.07, 6.45) is 0.877. The number of morpholine rings is 1. The van der Waals surface area contributed by atoms with Crippen LogP contribution in [0.5, 0.6) is 0 Å². The van der Waals surface area contributed by atoms with E-state index in [0.29, 0.717) is 5.56 Å². The molecule has 1 fully saturated rings. The summed E-state index contributed by atoms with van der Waals surface area (Å²) in [5.41, 5.74) is 7.86. The predicted octanol–water partition coefficient (Wildman–Crippen LogP) is 2.63. The minimum absolute atomic E-state index is 0.212. The van der Waals surface area contributed by atoms with E-state index < -0.39 is 0 Å². The zero-order valence-electron chi connectivity index (χ0n) is 12.7. The Morgan fingerprint density at radius 3 is 2.65 bits per heavy atom. The fraction of sp³-hybridized carbons (Fsp3) is 0.625. The topological polar surface area (TPSA) is 38.5 Å². The van der Waals surface area contributed by atoms with E-state index in [-0.39, 0.29) is 17.4 Å². The molecule has 1 saturated heterocycles. The van der Waals surface area contributed by atoms with Crippen molar-refractivity contribution in [2.45, 2.75) is 38.8 Å². The molecule has 1 aliphatic rings. The van der Waals surface area contributed by atoms with Crippen LogP contribution in [0, 0.1) is 12.7 Å². The zero-order chi connectivity index (χ0) is 14.8. The van der Waals surface area contributed by atoms with E-state index in [2.05, 4.69) is 18.7 Å². The van der Waals surface area contributed by atoms with Gasteiger partial charge in [0.25, 0.3) is 0 Å². The molecule has 2 rings (SSSR count). The molecule has 1 aromatic rings. The first kappa shape index (κ1) is 15.4. The number of ether oxygens (including phenoxy) is 1. The Kier molecular flexibility index (Phi) is 4.78. The molecule has 0 bridgehead atoms. The maximum absolute atomic E-state index is 14.1. The van der Waals surface area contributed by atoms with E-state index in [0.717, 1.165) is 38.3 Å². The SMILES string of the molecule is CCC(C)(C(N)c1cc(C)ccc1F)N1CCOCC1. The fourth-order valence-electron chi connectivity index (χ4n) is 2.95. The second-order valence-electron chi connectivity index (χ2n) is 5.81. The second kappa shape index (κ2) is 6.20. The van der Waals surface area contributed by atoms with Crippen LogP contribution in [-0.4, -0.2) is 36.7 Å². The number of halogens is 1. The summed E-state index contributed by atoms with van der Waals surface area (Å²) in [7, 11) is 0. The molecule has 1 heterocycles. The van der Waals surface area contributed by atoms with E-state index in [4.69, 9.17) is 10.5 Å². The summed E-state index contributed by atoms with van der Waals surface area (Å²) in [4.78, 5) is 2.34. The van der Waals surface area contributed by atoms with Crippen molar-refractivity contribution < 1.29 is 9.13 Å². The van der Waals surface area contributed by atoms with Crippen molar-refractivity contribution in [2.24, 2.45) is 5.73 Å². The highest BCUT2D eigenvalue weighted by Crippen LogP contribution is 2.34. The molecule has 112 valence electrons. The normalized spacial score (nSPS) is 21.4. The molecule has 0 radical (unpaired) electrons. The Morgan fingerprint density at radius 2 is 2.05 bits per heavy atom. The van der Waals surface area contributed by atoms with Gasteiger partial charge >= 0.3 is 0 Å². The van der Waals surface area contributed by atoms with Crippen LogP contribution in [0.3, 0.4) is 0 Å². The Labute approximate surface area is 120 Å². The summed E-state index contributed by atoms with van der Waals surface area (Å²) < 4.78 is 19.5. The van der Waals surface area contributed by atoms with E-state index in [1.165, 1.54) is 6.07 Å². The van der Waals surface area contributed by atoms with Gasteiger partial charge in [0.1, 0.15) is 5.82 Å². The van der Waals surface area contributed by atoms with Crippen LogP contribution >= 0.6 is 0 Å². The fourth-order valence-corrected chi connectivity index (χ4v) is 2.95. The van der Waals surface area contributed by atoms with Crippen LogP contribution in [0.1, 0.15) is 37.4 Å². The van der Waals surface area contributed by atoms with Gasteiger partial charge in [-0.1, -0.05) is 24.6 Å². The van der Waals surface area contributed by atoms with Gasteiger partial charge < -0.3 is 10.5 Å². The van der Waals surface area contributed by atoms with Crippen molar-refractivity contribution in [3.8, 4) is 0 Å². The summed E-state index contributed by atoms with van der Waals surface area (Å²) in [6.45, 7) is 9.36. The van der Waals surface area contributed by atoms with Gasteiger partial charge in [0.2, 0.25) is 0 Å². The molecule has 2 atom stereocenters. The van der Waals surface area contributed by atoms with Gasteiger partial charge in [-0.25, -0.2) is 4.39 Å². The molecule has 0 aliphatic carbocycles. The number of rotatable bonds is 4. The number of benzene rings is 1. The first-order valence-electron chi connectivity index (χ1n) is 7.33. The Balaban J connectivity index is 2.31. The van der Waals surface area contributed by atoms with Gasteiger partial charge in [0.15, 0.2) is 0 Å². The predicted molar refractivity (Wildman–Crippen MR) is 79.2 cm³/mol. The van der Waals surface area contributed by atoms with E-state index >= 15 is 0 Å². The average Bonchev–Trinajstić information content (AvgIpc) is 2.49. The van der Waals surface area contributed by atoms with Crippen LogP contribution in [0.15, 0.2) is 18.2 Å². The lowest BCUT2D eigenvalue weighted by atomic mass is 9.82. The van der Waals surface area contributed by atoms with Gasteiger partial charge in [-0.3, -0.25) is 4.90 Å². The smallest absolute Gasteiger partial charge is 0.128 e. The van der Waals surface area contributed by atoms with Gasteiger partial charge in [0, 0.05) is 24.2 Å². The summed E-state index contributed by atoms with van der Waals surface area (Å²) >= 11 is 0. The van der Waals surface area contributed by atoms with E-state index in [9.17, 15) is 4.39 Å². The first-order chi connectivity index (χ1) is 9.49. The molecular formula is C16H25FN2O. The van der Waals surface area contributed by atoms with E-state index in [1.807, 2.05) is 13.0 Å². The van der Waals surface area contributed by atoms with Crippen molar-refractivity contribution in [2.75, 3.05) is 26.3 Å². The molecular weight excluding hydrogens is 255 g/mol. The molecule has 0 spiro atoms. The van der Waals surface area contributed by atoms with Gasteiger partial charge in [-0.15, -0.1) is 0 Å². The quantitative estimate of drug-likeness (QED) is 0.921. The van der Waals surface area contributed by atoms with Crippen molar-refractivity contribution >= 4 is 0 Å². The van der Waals surface area contributed by atoms with Crippen LogP contribution in [0.25, 0.3) is 0 Å². The average molecular weight is 280 g/mol. The van der Waals surface area contributed by atoms with Crippen LogP contribution in [0.2, 0.25) is 0 Å². The molecule has 1 aliphatic heterocycles. The Bertz CT molecular complexity index is 460. The molecule has 20 heavy (non-hydrogen) atoms. The Hall–Kier alpha value is -0.970. The van der Waals surface area contributed by atoms with Crippen molar-refractivity contribution in [3.05, 3.63) is 35.1 Å². The van der Waals surface area contributed by atoms with Gasteiger partial charge in [-0.2, -0.15) is 0 Å². The lowest BCUT2D eigenvalue weighted by molar-refractivity contribution is -0.0281. The summed E-state index contributed by atoms with van der Waals surface area (Å²) in [5, 5.41) is 0. The van der Waals surface area contributed by atoms with Gasteiger partial charge in [-0.05, 0) is 26.3 Å². The third-order valence-electron chi connectivity index (χ3n) is 4.61. The number of hydrogen-bond donors (Lipinski definition) is 1. The van der Waals surface area contributed by atoms with Crippen molar-refractivity contribution in [1.29, 1.82) is 0 Å². The van der Waals surface area contributed by atoms with Crippen LogP contribution < -0.4 is 5.73 Å². The highest BCUT2D eigenvalue weighted by Gasteiger charge is 2.38. The van der Waals surface area contributed by atoms with Crippen LogP contribution in [-0.2, 0) is 4.74 Å². The standard InChI is InChI=1S/C16H25FN2O/c1-4-16(3,19-7-9-20-10-8-19)15(18)13-11-12(2)5-6-14(13)17/h5-6,11,15H,4,7-10,18H2,1-3H3. The zero-order valence-corrected chi connectivity index (χ0v) is 12.7. The molecule has 1 aromatic carbocycles. The number of nitrogens with two attached hydrogens (primary N) is 1. The molecule has 2 unspecified atom stereocenters. The minimum atomic E-state index is -0.342. The van der Waals surface area contributed by atoms with Gasteiger partial charge in [0.05, 0.1) is 19.3 Å². The molecule has 4 heteroatoms. The lowest BCUT2D eigenvalue weighted by Gasteiger charge is -2.46. The third-order valence-corrected chi connectivity index (χ3v) is 4.61. The molecule has 0 amide bonds. The molecule has 0 saturated carbocycles. The molecule has 0 aromatic heterocycles. The highest BCUT2D eigenvalue weighted by molar-refractivity contribution is 5.29. The monoisotopic (exact) mass is 280 g/mol. The largest absolute Gasteiger partial charge is 0.379 e. The number of nitrogens with zero attached hydrogens (tertiary/aromatic N) is 1. The van der Waals surface area contributed by atoms with Crippen LogP contribution in [0.4, 0.5) is 4.39 Å². The van der Waals surface area contributed by atoms with Crippen molar-refractivity contribution in [3.63, 3.8) is 0 Å². The van der Waals surface area contributed by atoms with E-state index in [1.54, 1.807) is 6.07 Å². The third kappa shape index (κ3) is 2.87. The summed E-state index contributed by atoms with van der Waals surface area (Å²) in [5.74, 6) is -0.212. The highest BCUT2D eigenvalue weighted by atomic mass is 19.1. The molecule has 2 N–H and O–H groups in total.